The van der Waals surface area contributed by atoms with Crippen LogP contribution in [0.5, 0.6) is 0 Å². The second kappa shape index (κ2) is 9.71. The summed E-state index contributed by atoms with van der Waals surface area (Å²) >= 11 is 5.90. The van der Waals surface area contributed by atoms with Crippen molar-refractivity contribution in [1.29, 1.82) is 0 Å². The quantitative estimate of drug-likeness (QED) is 0.726. The summed E-state index contributed by atoms with van der Waals surface area (Å²) in [5.74, 6) is -0.284. The second-order valence-corrected chi connectivity index (χ2v) is 9.73. The van der Waals surface area contributed by atoms with Crippen LogP contribution in [0.25, 0.3) is 0 Å². The lowest BCUT2D eigenvalue weighted by Crippen LogP contribution is -2.47. The Kier molecular flexibility index (Phi) is 7.29. The van der Waals surface area contributed by atoms with E-state index in [1.165, 1.54) is 28.6 Å². The Balaban J connectivity index is 1.77. The average Bonchev–Trinajstić information content (AvgIpc) is 2.70. The highest BCUT2D eigenvalue weighted by Gasteiger charge is 2.28. The highest BCUT2D eigenvalue weighted by molar-refractivity contribution is 7.89. The van der Waals surface area contributed by atoms with Crippen LogP contribution < -0.4 is 5.32 Å². The van der Waals surface area contributed by atoms with Crippen molar-refractivity contribution in [2.24, 2.45) is 0 Å². The molecule has 2 aromatic carbocycles. The van der Waals surface area contributed by atoms with E-state index in [9.17, 15) is 13.2 Å². The van der Waals surface area contributed by atoms with Gasteiger partial charge in [0.1, 0.15) is 0 Å². The summed E-state index contributed by atoms with van der Waals surface area (Å²) in [5, 5.41) is 3.45. The Morgan fingerprint density at radius 2 is 1.72 bits per heavy atom. The van der Waals surface area contributed by atoms with Crippen molar-refractivity contribution in [2.45, 2.75) is 30.3 Å². The number of nitrogens with one attached hydrogen (secondary N) is 1. The Labute approximate surface area is 177 Å². The molecule has 3 rings (SSSR count). The molecule has 1 aliphatic heterocycles. The first-order chi connectivity index (χ1) is 13.8. The van der Waals surface area contributed by atoms with Gasteiger partial charge in [0.15, 0.2) is 0 Å². The number of hydrogen-bond acceptors (Lipinski definition) is 4. The minimum Gasteiger partial charge on any atom is -0.352 e. The number of likely N-dealkylation sites (tertiary alicyclic amines) is 1. The molecule has 6 nitrogen and oxygen atoms in total. The maximum absolute atomic E-state index is 13.2. The third-order valence-corrected chi connectivity index (χ3v) is 7.11. The molecule has 8 heteroatoms. The molecule has 156 valence electrons. The van der Waals surface area contributed by atoms with E-state index < -0.39 is 10.0 Å². The molecular weight excluding hydrogens is 410 g/mol. The zero-order valence-corrected chi connectivity index (χ0v) is 18.0. The fraction of sp³-hybridized carbons (Fsp3) is 0.381. The molecule has 0 radical (unpaired) electrons. The van der Waals surface area contributed by atoms with Gasteiger partial charge in [-0.05, 0) is 62.8 Å². The first-order valence-corrected chi connectivity index (χ1v) is 11.4. The summed E-state index contributed by atoms with van der Waals surface area (Å²) < 4.78 is 27.6. The summed E-state index contributed by atoms with van der Waals surface area (Å²) in [7, 11) is -1.80. The van der Waals surface area contributed by atoms with Crippen LogP contribution >= 0.6 is 11.6 Å². The SMILES string of the molecule is CN1CCC(NC(=O)CN(Cc2ccccc2)S(=O)(=O)c2ccc(Cl)cc2)CC1. The Morgan fingerprint density at radius 1 is 1.10 bits per heavy atom. The number of rotatable bonds is 7. The Morgan fingerprint density at radius 3 is 2.34 bits per heavy atom. The molecule has 1 saturated heterocycles. The largest absolute Gasteiger partial charge is 0.352 e. The lowest BCUT2D eigenvalue weighted by Gasteiger charge is -2.30. The van der Waals surface area contributed by atoms with Gasteiger partial charge >= 0.3 is 0 Å². The molecule has 0 bridgehead atoms. The molecule has 0 spiro atoms. The predicted octanol–water partition coefficient (Wildman–Crippen LogP) is 2.74. The van der Waals surface area contributed by atoms with Crippen molar-refractivity contribution in [3.8, 4) is 0 Å². The molecule has 29 heavy (non-hydrogen) atoms. The van der Waals surface area contributed by atoms with Gasteiger partial charge in [-0.1, -0.05) is 41.9 Å². The van der Waals surface area contributed by atoms with Gasteiger partial charge in [-0.2, -0.15) is 4.31 Å². The summed E-state index contributed by atoms with van der Waals surface area (Å²) in [4.78, 5) is 15.0. The van der Waals surface area contributed by atoms with E-state index in [2.05, 4.69) is 17.3 Å². The molecule has 0 saturated carbocycles. The molecule has 1 amide bonds. The normalized spacial score (nSPS) is 16.1. The summed E-state index contributed by atoms with van der Waals surface area (Å²) in [5.41, 5.74) is 0.817. The Hall–Kier alpha value is -1.93. The van der Waals surface area contributed by atoms with E-state index in [1.807, 2.05) is 30.3 Å². The van der Waals surface area contributed by atoms with Crippen LogP contribution in [0.15, 0.2) is 59.5 Å². The molecule has 2 aromatic rings. The second-order valence-electron chi connectivity index (χ2n) is 7.36. The number of halogens is 1. The predicted molar refractivity (Wildman–Crippen MR) is 114 cm³/mol. The number of carbonyl (C=O) groups excluding carboxylic acids is 1. The maximum Gasteiger partial charge on any atom is 0.243 e. The number of nitrogens with zero attached hydrogens (tertiary/aromatic N) is 2. The monoisotopic (exact) mass is 435 g/mol. The van der Waals surface area contributed by atoms with E-state index in [1.54, 1.807) is 0 Å². The minimum atomic E-state index is -3.86. The van der Waals surface area contributed by atoms with Crippen LogP contribution in [-0.2, 0) is 21.4 Å². The third kappa shape index (κ3) is 6.02. The van der Waals surface area contributed by atoms with Crippen molar-refractivity contribution in [2.75, 3.05) is 26.7 Å². The van der Waals surface area contributed by atoms with Gasteiger partial charge in [0.2, 0.25) is 15.9 Å². The van der Waals surface area contributed by atoms with Gasteiger partial charge in [-0.25, -0.2) is 8.42 Å². The van der Waals surface area contributed by atoms with Crippen molar-refractivity contribution >= 4 is 27.5 Å². The van der Waals surface area contributed by atoms with Crippen LogP contribution in [0, 0.1) is 0 Å². The molecule has 1 fully saturated rings. The zero-order valence-electron chi connectivity index (χ0n) is 16.4. The lowest BCUT2D eigenvalue weighted by atomic mass is 10.1. The van der Waals surface area contributed by atoms with Crippen molar-refractivity contribution in [3.05, 3.63) is 65.2 Å². The third-order valence-electron chi connectivity index (χ3n) is 5.06. The first-order valence-electron chi connectivity index (χ1n) is 9.62. The van der Waals surface area contributed by atoms with Crippen LogP contribution in [0.2, 0.25) is 5.02 Å². The van der Waals surface area contributed by atoms with Gasteiger partial charge in [-0.15, -0.1) is 0 Å². The smallest absolute Gasteiger partial charge is 0.243 e. The fourth-order valence-corrected chi connectivity index (χ4v) is 4.87. The van der Waals surface area contributed by atoms with Crippen LogP contribution in [0.3, 0.4) is 0 Å². The van der Waals surface area contributed by atoms with Gasteiger partial charge in [0.25, 0.3) is 0 Å². The number of hydrogen-bond donors (Lipinski definition) is 1. The topological polar surface area (TPSA) is 69.7 Å². The zero-order chi connectivity index (χ0) is 20.9. The number of benzene rings is 2. The van der Waals surface area contributed by atoms with Gasteiger partial charge < -0.3 is 10.2 Å². The van der Waals surface area contributed by atoms with Crippen molar-refractivity contribution in [1.82, 2.24) is 14.5 Å². The lowest BCUT2D eigenvalue weighted by molar-refractivity contribution is -0.122. The molecule has 1 heterocycles. The van der Waals surface area contributed by atoms with Crippen LogP contribution in [-0.4, -0.2) is 56.3 Å². The van der Waals surface area contributed by atoms with Crippen molar-refractivity contribution < 1.29 is 13.2 Å². The van der Waals surface area contributed by atoms with E-state index in [4.69, 9.17) is 11.6 Å². The van der Waals surface area contributed by atoms with Gasteiger partial charge in [-0.3, -0.25) is 4.79 Å². The first kappa shape index (κ1) is 21.8. The van der Waals surface area contributed by atoms with E-state index >= 15 is 0 Å². The highest BCUT2D eigenvalue weighted by atomic mass is 35.5. The maximum atomic E-state index is 13.2. The van der Waals surface area contributed by atoms with Crippen LogP contribution in [0.1, 0.15) is 18.4 Å². The van der Waals surface area contributed by atoms with E-state index in [0.29, 0.717) is 5.02 Å². The molecular formula is C21H26ClN3O3S. The molecule has 0 atom stereocenters. The molecule has 0 unspecified atom stereocenters. The highest BCUT2D eigenvalue weighted by Crippen LogP contribution is 2.20. The average molecular weight is 436 g/mol. The van der Waals surface area contributed by atoms with Gasteiger partial charge in [0.05, 0.1) is 11.4 Å². The summed E-state index contributed by atoms with van der Waals surface area (Å²) in [6.45, 7) is 1.72. The number of piperidine rings is 1. The number of amides is 1. The van der Waals surface area contributed by atoms with Gasteiger partial charge in [0, 0.05) is 17.6 Å². The molecule has 0 aliphatic carbocycles. The number of carbonyl (C=O) groups is 1. The molecule has 1 N–H and O–H groups in total. The molecule has 0 aromatic heterocycles. The van der Waals surface area contributed by atoms with E-state index in [-0.39, 0.29) is 29.9 Å². The van der Waals surface area contributed by atoms with Crippen molar-refractivity contribution in [3.63, 3.8) is 0 Å². The number of sulfonamides is 1. The minimum absolute atomic E-state index is 0.0792. The summed E-state index contributed by atoms with van der Waals surface area (Å²) in [6.07, 6.45) is 1.73. The van der Waals surface area contributed by atoms with E-state index in [0.717, 1.165) is 31.5 Å². The summed E-state index contributed by atoms with van der Waals surface area (Å²) in [6, 6.07) is 15.3. The van der Waals surface area contributed by atoms with Crippen LogP contribution in [0.4, 0.5) is 0 Å². The fourth-order valence-electron chi connectivity index (χ4n) is 3.35. The Bertz CT molecular complexity index is 912. The standard InChI is InChI=1S/C21H26ClN3O3S/c1-24-13-11-19(12-14-24)23-21(26)16-25(15-17-5-3-2-4-6-17)29(27,28)20-9-7-18(22)8-10-20/h2-10,19H,11-16H2,1H3,(H,23,26). The molecule has 1 aliphatic rings.